The van der Waals surface area contributed by atoms with Crippen LogP contribution in [-0.2, 0) is 4.74 Å². The first-order valence-corrected chi connectivity index (χ1v) is 8.54. The standard InChI is InChI=1S/C17H34N2O2/c1-14-6-8-15(9-7-14)10-13-18-11-5-12-19-16(20)21-17(2,3)4/h14-15,18H,5-13H2,1-4H3,(H,19,20). The number of ether oxygens (including phenoxy) is 1. The predicted molar refractivity (Wildman–Crippen MR) is 87.5 cm³/mol. The van der Waals surface area contributed by atoms with Gasteiger partial charge in [0.25, 0.3) is 0 Å². The molecule has 1 amide bonds. The van der Waals surface area contributed by atoms with E-state index in [1.165, 1.54) is 32.1 Å². The Labute approximate surface area is 130 Å². The summed E-state index contributed by atoms with van der Waals surface area (Å²) in [4.78, 5) is 11.4. The fourth-order valence-electron chi connectivity index (χ4n) is 2.77. The largest absolute Gasteiger partial charge is 0.444 e. The van der Waals surface area contributed by atoms with E-state index in [0.717, 1.165) is 31.3 Å². The first kappa shape index (κ1) is 18.3. The molecule has 0 aromatic rings. The summed E-state index contributed by atoms with van der Waals surface area (Å²) in [5, 5.41) is 6.26. The van der Waals surface area contributed by atoms with Crippen LogP contribution in [0.2, 0.25) is 0 Å². The van der Waals surface area contributed by atoms with Gasteiger partial charge in [0.05, 0.1) is 0 Å². The molecule has 0 aromatic carbocycles. The Bertz CT molecular complexity index is 292. The van der Waals surface area contributed by atoms with E-state index in [9.17, 15) is 4.79 Å². The SMILES string of the molecule is CC1CCC(CCNCCCNC(=O)OC(C)(C)C)CC1. The molecule has 0 unspecified atom stereocenters. The number of alkyl carbamates (subject to hydrolysis) is 1. The molecule has 0 bridgehead atoms. The molecule has 1 fully saturated rings. The van der Waals surface area contributed by atoms with E-state index >= 15 is 0 Å². The second-order valence-corrected chi connectivity index (χ2v) is 7.45. The van der Waals surface area contributed by atoms with Gasteiger partial charge in [0, 0.05) is 6.54 Å². The Morgan fingerprint density at radius 2 is 1.76 bits per heavy atom. The van der Waals surface area contributed by atoms with E-state index in [-0.39, 0.29) is 6.09 Å². The van der Waals surface area contributed by atoms with Crippen LogP contribution in [0.25, 0.3) is 0 Å². The molecule has 0 saturated heterocycles. The summed E-state index contributed by atoms with van der Waals surface area (Å²) in [6.45, 7) is 10.7. The van der Waals surface area contributed by atoms with Gasteiger partial charge in [-0.15, -0.1) is 0 Å². The molecular weight excluding hydrogens is 264 g/mol. The molecule has 1 aliphatic rings. The summed E-state index contributed by atoms with van der Waals surface area (Å²) in [5.41, 5.74) is -0.417. The highest BCUT2D eigenvalue weighted by molar-refractivity contribution is 5.67. The van der Waals surface area contributed by atoms with Crippen LogP contribution < -0.4 is 10.6 Å². The Hall–Kier alpha value is -0.770. The van der Waals surface area contributed by atoms with Crippen LogP contribution in [0.5, 0.6) is 0 Å². The van der Waals surface area contributed by atoms with Crippen molar-refractivity contribution in [2.24, 2.45) is 11.8 Å². The maximum absolute atomic E-state index is 11.4. The molecule has 1 saturated carbocycles. The third-order valence-electron chi connectivity index (χ3n) is 4.06. The molecule has 1 rings (SSSR count). The molecule has 0 aliphatic heterocycles. The molecule has 0 heterocycles. The quantitative estimate of drug-likeness (QED) is 0.705. The van der Waals surface area contributed by atoms with Gasteiger partial charge in [0.15, 0.2) is 0 Å². The molecule has 0 radical (unpaired) electrons. The number of nitrogens with one attached hydrogen (secondary N) is 2. The highest BCUT2D eigenvalue weighted by Gasteiger charge is 2.17. The van der Waals surface area contributed by atoms with Crippen LogP contribution >= 0.6 is 0 Å². The zero-order valence-corrected chi connectivity index (χ0v) is 14.3. The Morgan fingerprint density at radius 1 is 1.10 bits per heavy atom. The number of amides is 1. The van der Waals surface area contributed by atoms with Crippen molar-refractivity contribution >= 4 is 6.09 Å². The van der Waals surface area contributed by atoms with Crippen LogP contribution in [0.15, 0.2) is 0 Å². The molecular formula is C17H34N2O2. The van der Waals surface area contributed by atoms with E-state index < -0.39 is 5.60 Å². The van der Waals surface area contributed by atoms with Gasteiger partial charge in [-0.1, -0.05) is 32.6 Å². The average Bonchev–Trinajstić information content (AvgIpc) is 2.37. The lowest BCUT2D eigenvalue weighted by Gasteiger charge is -2.26. The number of carbonyl (C=O) groups excluding carboxylic acids is 1. The van der Waals surface area contributed by atoms with Crippen LogP contribution in [0.3, 0.4) is 0 Å². The topological polar surface area (TPSA) is 50.4 Å². The highest BCUT2D eigenvalue weighted by atomic mass is 16.6. The molecule has 4 heteroatoms. The fourth-order valence-corrected chi connectivity index (χ4v) is 2.77. The number of carbonyl (C=O) groups is 1. The first-order chi connectivity index (χ1) is 9.87. The zero-order chi connectivity index (χ0) is 15.7. The molecule has 0 spiro atoms. The third kappa shape index (κ3) is 9.72. The molecule has 0 aromatic heterocycles. The van der Waals surface area contributed by atoms with Crippen molar-refractivity contribution < 1.29 is 9.53 Å². The summed E-state index contributed by atoms with van der Waals surface area (Å²) in [6, 6.07) is 0. The minimum atomic E-state index is -0.417. The van der Waals surface area contributed by atoms with Crippen LogP contribution in [0.1, 0.15) is 66.2 Å². The lowest BCUT2D eigenvalue weighted by atomic mass is 9.81. The summed E-state index contributed by atoms with van der Waals surface area (Å²) < 4.78 is 5.18. The second kappa shape index (κ2) is 9.29. The van der Waals surface area contributed by atoms with Gasteiger partial charge < -0.3 is 15.4 Å². The lowest BCUT2D eigenvalue weighted by Crippen LogP contribution is -2.34. The Morgan fingerprint density at radius 3 is 2.38 bits per heavy atom. The number of hydrogen-bond acceptors (Lipinski definition) is 3. The van der Waals surface area contributed by atoms with Crippen molar-refractivity contribution in [3.63, 3.8) is 0 Å². The summed E-state index contributed by atoms with van der Waals surface area (Å²) in [7, 11) is 0. The fraction of sp³-hybridized carbons (Fsp3) is 0.941. The van der Waals surface area contributed by atoms with E-state index in [2.05, 4.69) is 17.6 Å². The number of rotatable bonds is 7. The van der Waals surface area contributed by atoms with Crippen LogP contribution in [0, 0.1) is 11.8 Å². The van der Waals surface area contributed by atoms with Gasteiger partial charge in [0.2, 0.25) is 0 Å². The Kier molecular flexibility index (Phi) is 8.09. The maximum atomic E-state index is 11.4. The minimum Gasteiger partial charge on any atom is -0.444 e. The third-order valence-corrected chi connectivity index (χ3v) is 4.06. The van der Waals surface area contributed by atoms with Gasteiger partial charge in [-0.3, -0.25) is 0 Å². The normalized spacial score (nSPS) is 22.9. The van der Waals surface area contributed by atoms with Crippen molar-refractivity contribution in [3.8, 4) is 0 Å². The van der Waals surface area contributed by atoms with E-state index in [1.54, 1.807) is 0 Å². The molecule has 124 valence electrons. The second-order valence-electron chi connectivity index (χ2n) is 7.45. The maximum Gasteiger partial charge on any atom is 0.407 e. The summed E-state index contributed by atoms with van der Waals surface area (Å²) in [5.74, 6) is 1.86. The van der Waals surface area contributed by atoms with Gasteiger partial charge in [0.1, 0.15) is 5.60 Å². The van der Waals surface area contributed by atoms with Crippen molar-refractivity contribution in [1.82, 2.24) is 10.6 Å². The number of hydrogen-bond donors (Lipinski definition) is 2. The minimum absolute atomic E-state index is 0.321. The molecule has 1 aliphatic carbocycles. The van der Waals surface area contributed by atoms with Gasteiger partial charge in [-0.2, -0.15) is 0 Å². The Balaban J connectivity index is 1.90. The molecule has 2 N–H and O–H groups in total. The van der Waals surface area contributed by atoms with Crippen molar-refractivity contribution in [1.29, 1.82) is 0 Å². The average molecular weight is 298 g/mol. The van der Waals surface area contributed by atoms with Gasteiger partial charge in [-0.25, -0.2) is 4.79 Å². The zero-order valence-electron chi connectivity index (χ0n) is 14.3. The molecule has 0 atom stereocenters. The van der Waals surface area contributed by atoms with Crippen molar-refractivity contribution in [2.75, 3.05) is 19.6 Å². The van der Waals surface area contributed by atoms with E-state index in [1.807, 2.05) is 20.8 Å². The van der Waals surface area contributed by atoms with Crippen molar-refractivity contribution in [3.05, 3.63) is 0 Å². The highest BCUT2D eigenvalue weighted by Crippen LogP contribution is 2.29. The van der Waals surface area contributed by atoms with Crippen LogP contribution in [-0.4, -0.2) is 31.3 Å². The first-order valence-electron chi connectivity index (χ1n) is 8.54. The monoisotopic (exact) mass is 298 g/mol. The predicted octanol–water partition coefficient (Wildman–Crippen LogP) is 3.71. The van der Waals surface area contributed by atoms with Crippen molar-refractivity contribution in [2.45, 2.75) is 71.8 Å². The van der Waals surface area contributed by atoms with Gasteiger partial charge in [-0.05, 0) is 58.5 Å². The van der Waals surface area contributed by atoms with E-state index in [0.29, 0.717) is 6.54 Å². The summed E-state index contributed by atoms with van der Waals surface area (Å²) in [6.07, 6.45) is 7.55. The summed E-state index contributed by atoms with van der Waals surface area (Å²) >= 11 is 0. The molecule has 21 heavy (non-hydrogen) atoms. The van der Waals surface area contributed by atoms with Crippen LogP contribution in [0.4, 0.5) is 4.79 Å². The van der Waals surface area contributed by atoms with Gasteiger partial charge >= 0.3 is 6.09 Å². The smallest absolute Gasteiger partial charge is 0.407 e. The molecule has 4 nitrogen and oxygen atoms in total. The lowest BCUT2D eigenvalue weighted by molar-refractivity contribution is 0.0527. The van der Waals surface area contributed by atoms with E-state index in [4.69, 9.17) is 4.74 Å².